The van der Waals surface area contributed by atoms with E-state index in [1.807, 2.05) is 18.3 Å². The molecule has 1 aromatic carbocycles. The van der Waals surface area contributed by atoms with Crippen molar-refractivity contribution in [1.82, 2.24) is 15.0 Å². The monoisotopic (exact) mass is 374 g/mol. The van der Waals surface area contributed by atoms with Gasteiger partial charge in [-0.25, -0.2) is 9.97 Å². The van der Waals surface area contributed by atoms with Gasteiger partial charge in [0.25, 0.3) is 0 Å². The van der Waals surface area contributed by atoms with Crippen molar-refractivity contribution >= 4 is 28.5 Å². The molecule has 6 nitrogen and oxygen atoms in total. The molecule has 5 rings (SSSR count). The average molecular weight is 374 g/mol. The molecule has 1 saturated heterocycles. The molecule has 3 heterocycles. The molecule has 3 aromatic rings. The van der Waals surface area contributed by atoms with Gasteiger partial charge in [-0.3, -0.25) is 0 Å². The maximum atomic E-state index is 4.96. The summed E-state index contributed by atoms with van der Waals surface area (Å²) in [6.45, 7) is 3.66. The van der Waals surface area contributed by atoms with E-state index in [1.165, 1.54) is 25.7 Å². The van der Waals surface area contributed by atoms with Crippen LogP contribution in [0.3, 0.4) is 0 Å². The van der Waals surface area contributed by atoms with Crippen molar-refractivity contribution in [3.63, 3.8) is 0 Å². The molecule has 2 fully saturated rings. The molecule has 6 heteroatoms. The number of aromatic nitrogens is 3. The minimum Gasteiger partial charge on any atom is -0.367 e. The molecule has 0 spiro atoms. The topological polar surface area (TPSA) is 57.2 Å². The Bertz CT molecular complexity index is 930. The van der Waals surface area contributed by atoms with Crippen LogP contribution in [-0.2, 0) is 0 Å². The molecule has 28 heavy (non-hydrogen) atoms. The summed E-state index contributed by atoms with van der Waals surface area (Å²) in [5.41, 5.74) is 1.01. The molecule has 1 aliphatic heterocycles. The molecular weight excluding hydrogens is 348 g/mol. The number of benzene rings is 1. The van der Waals surface area contributed by atoms with Crippen molar-refractivity contribution in [2.24, 2.45) is 0 Å². The van der Waals surface area contributed by atoms with Crippen LogP contribution in [-0.4, -0.2) is 47.2 Å². The molecule has 0 unspecified atom stereocenters. The van der Waals surface area contributed by atoms with Crippen LogP contribution in [0.4, 0.5) is 17.6 Å². The summed E-state index contributed by atoms with van der Waals surface area (Å²) in [5, 5.41) is 4.82. The highest BCUT2D eigenvalue weighted by Gasteiger charge is 2.22. The van der Waals surface area contributed by atoms with Crippen LogP contribution in [0.15, 0.2) is 48.7 Å². The zero-order valence-electron chi connectivity index (χ0n) is 16.1. The van der Waals surface area contributed by atoms with Crippen LogP contribution < -0.4 is 15.1 Å². The van der Waals surface area contributed by atoms with Gasteiger partial charge in [-0.2, -0.15) is 4.98 Å². The SMILES string of the molecule is c1ccc(N2CCN(c3nc(NC4CCCC4)c4ccccc4n3)CC2)nc1. The third-order valence-corrected chi connectivity index (χ3v) is 5.82. The first-order valence-corrected chi connectivity index (χ1v) is 10.3. The lowest BCUT2D eigenvalue weighted by Crippen LogP contribution is -2.47. The number of para-hydroxylation sites is 1. The van der Waals surface area contributed by atoms with E-state index < -0.39 is 0 Å². The van der Waals surface area contributed by atoms with Crippen molar-refractivity contribution in [2.45, 2.75) is 31.7 Å². The van der Waals surface area contributed by atoms with Crippen molar-refractivity contribution in [3.8, 4) is 0 Å². The lowest BCUT2D eigenvalue weighted by Gasteiger charge is -2.35. The van der Waals surface area contributed by atoms with Crippen LogP contribution in [0.25, 0.3) is 10.9 Å². The standard InChI is InChI=1S/C22H26N6/c1-2-8-17(7-1)24-21-18-9-3-4-10-19(18)25-22(26-21)28-15-13-27(14-16-28)20-11-5-6-12-23-20/h3-6,9-12,17H,1-2,7-8,13-16H2,(H,24,25,26). The van der Waals surface area contributed by atoms with E-state index in [9.17, 15) is 0 Å². The highest BCUT2D eigenvalue weighted by molar-refractivity contribution is 5.90. The highest BCUT2D eigenvalue weighted by atomic mass is 15.3. The summed E-state index contributed by atoms with van der Waals surface area (Å²) >= 11 is 0. The molecule has 144 valence electrons. The summed E-state index contributed by atoms with van der Waals surface area (Å²) in [6.07, 6.45) is 6.94. The second-order valence-corrected chi connectivity index (χ2v) is 7.68. The smallest absolute Gasteiger partial charge is 0.228 e. The minimum atomic E-state index is 0.534. The molecule has 1 N–H and O–H groups in total. The molecule has 0 atom stereocenters. The first-order chi connectivity index (χ1) is 13.9. The van der Waals surface area contributed by atoms with Crippen molar-refractivity contribution in [1.29, 1.82) is 0 Å². The second kappa shape index (κ2) is 7.62. The van der Waals surface area contributed by atoms with E-state index in [0.29, 0.717) is 6.04 Å². The number of hydrogen-bond donors (Lipinski definition) is 1. The number of nitrogens with zero attached hydrogens (tertiary/aromatic N) is 5. The van der Waals surface area contributed by atoms with E-state index in [4.69, 9.17) is 9.97 Å². The maximum absolute atomic E-state index is 4.96. The zero-order valence-corrected chi connectivity index (χ0v) is 16.1. The van der Waals surface area contributed by atoms with E-state index >= 15 is 0 Å². The van der Waals surface area contributed by atoms with Crippen LogP contribution in [0.5, 0.6) is 0 Å². The Balaban J connectivity index is 1.38. The lowest BCUT2D eigenvalue weighted by atomic mass is 10.2. The second-order valence-electron chi connectivity index (χ2n) is 7.68. The van der Waals surface area contributed by atoms with Gasteiger partial charge in [0.05, 0.1) is 5.52 Å². The summed E-state index contributed by atoms with van der Waals surface area (Å²) in [5.74, 6) is 2.87. The molecule has 2 aliphatic rings. The van der Waals surface area contributed by atoms with Gasteiger partial charge in [-0.15, -0.1) is 0 Å². The summed E-state index contributed by atoms with van der Waals surface area (Å²) < 4.78 is 0. The number of anilines is 3. The predicted molar refractivity (Wildman–Crippen MR) is 114 cm³/mol. The van der Waals surface area contributed by atoms with Crippen molar-refractivity contribution in [3.05, 3.63) is 48.7 Å². The van der Waals surface area contributed by atoms with Gasteiger partial charge in [0.15, 0.2) is 0 Å². The third kappa shape index (κ3) is 3.46. The number of fused-ring (bicyclic) bond motifs is 1. The first kappa shape index (κ1) is 17.2. The Morgan fingerprint density at radius 3 is 2.36 bits per heavy atom. The van der Waals surface area contributed by atoms with Gasteiger partial charge in [-0.1, -0.05) is 31.0 Å². The average Bonchev–Trinajstić information content (AvgIpc) is 3.27. The largest absolute Gasteiger partial charge is 0.367 e. The van der Waals surface area contributed by atoms with Gasteiger partial charge in [0, 0.05) is 43.8 Å². The van der Waals surface area contributed by atoms with Crippen molar-refractivity contribution < 1.29 is 0 Å². The Kier molecular flexibility index (Phi) is 4.69. The van der Waals surface area contributed by atoms with Crippen molar-refractivity contribution in [2.75, 3.05) is 41.3 Å². The fraction of sp³-hybridized carbons (Fsp3) is 0.409. The van der Waals surface area contributed by atoms with Gasteiger partial charge in [0.1, 0.15) is 11.6 Å². The number of pyridine rings is 1. The number of piperazine rings is 1. The summed E-state index contributed by atoms with van der Waals surface area (Å²) in [6, 6.07) is 14.9. The van der Waals surface area contributed by atoms with E-state index in [2.05, 4.69) is 50.4 Å². The van der Waals surface area contributed by atoms with Gasteiger partial charge in [-0.05, 0) is 37.1 Å². The van der Waals surface area contributed by atoms with E-state index in [0.717, 1.165) is 54.7 Å². The Hall–Kier alpha value is -2.89. The quantitative estimate of drug-likeness (QED) is 0.751. The van der Waals surface area contributed by atoms with Gasteiger partial charge in [0.2, 0.25) is 5.95 Å². The maximum Gasteiger partial charge on any atom is 0.228 e. The predicted octanol–water partition coefficient (Wildman–Crippen LogP) is 3.71. The third-order valence-electron chi connectivity index (χ3n) is 5.82. The fourth-order valence-electron chi connectivity index (χ4n) is 4.26. The molecule has 1 aliphatic carbocycles. The number of nitrogens with one attached hydrogen (secondary N) is 1. The first-order valence-electron chi connectivity index (χ1n) is 10.3. The molecule has 0 bridgehead atoms. The van der Waals surface area contributed by atoms with Crippen LogP contribution in [0.2, 0.25) is 0 Å². The summed E-state index contributed by atoms with van der Waals surface area (Å²) in [4.78, 5) is 18.9. The molecule has 0 radical (unpaired) electrons. The minimum absolute atomic E-state index is 0.534. The van der Waals surface area contributed by atoms with Gasteiger partial charge < -0.3 is 15.1 Å². The zero-order chi connectivity index (χ0) is 18.8. The highest BCUT2D eigenvalue weighted by Crippen LogP contribution is 2.28. The fourth-order valence-corrected chi connectivity index (χ4v) is 4.26. The van der Waals surface area contributed by atoms with Crippen LogP contribution >= 0.6 is 0 Å². The lowest BCUT2D eigenvalue weighted by molar-refractivity contribution is 0.635. The Labute approximate surface area is 165 Å². The van der Waals surface area contributed by atoms with Crippen LogP contribution in [0, 0.1) is 0 Å². The van der Waals surface area contributed by atoms with E-state index in [-0.39, 0.29) is 0 Å². The Morgan fingerprint density at radius 2 is 1.57 bits per heavy atom. The molecular formula is C22H26N6. The summed E-state index contributed by atoms with van der Waals surface area (Å²) in [7, 11) is 0. The Morgan fingerprint density at radius 1 is 0.821 bits per heavy atom. The number of rotatable bonds is 4. The number of hydrogen-bond acceptors (Lipinski definition) is 6. The molecule has 2 aromatic heterocycles. The molecule has 0 amide bonds. The van der Waals surface area contributed by atoms with Gasteiger partial charge >= 0.3 is 0 Å². The van der Waals surface area contributed by atoms with E-state index in [1.54, 1.807) is 0 Å². The molecule has 1 saturated carbocycles. The normalized spacial score (nSPS) is 18.0. The van der Waals surface area contributed by atoms with Crippen LogP contribution in [0.1, 0.15) is 25.7 Å².